The highest BCUT2D eigenvalue weighted by molar-refractivity contribution is 7.92. The highest BCUT2D eigenvalue weighted by Gasteiger charge is 2.28. The lowest BCUT2D eigenvalue weighted by Crippen LogP contribution is -2.30. The minimum Gasteiger partial charge on any atom is -0.237 e. The normalized spacial score (nSPS) is 12.2. The molecule has 0 bridgehead atoms. The average molecular weight is 430 g/mol. The number of nitrogens with zero attached hydrogens (tertiary/aromatic N) is 1. The van der Waals surface area contributed by atoms with E-state index in [9.17, 15) is 4.21 Å². The first-order valence-electron chi connectivity index (χ1n) is 9.92. The summed E-state index contributed by atoms with van der Waals surface area (Å²) in [7, 11) is -2.27. The van der Waals surface area contributed by atoms with Crippen molar-refractivity contribution in [2.75, 3.05) is 0 Å². The molecule has 0 radical (unpaired) electrons. The summed E-state index contributed by atoms with van der Waals surface area (Å²) < 4.78 is 16.1. The molecule has 2 nitrogen and oxygen atoms in total. The van der Waals surface area contributed by atoms with Crippen molar-refractivity contribution in [3.63, 3.8) is 0 Å². The van der Waals surface area contributed by atoms with Gasteiger partial charge in [-0.25, -0.2) is 4.21 Å². The Morgan fingerprint density at radius 1 is 0.667 bits per heavy atom. The van der Waals surface area contributed by atoms with E-state index < -0.39 is 19.1 Å². The van der Waals surface area contributed by atoms with Crippen molar-refractivity contribution >= 4 is 29.7 Å². The fraction of sp³-hybridized carbons (Fsp3) is 0.0769. The molecule has 150 valence electrons. The van der Waals surface area contributed by atoms with Crippen molar-refractivity contribution in [3.8, 4) is 0 Å². The molecule has 0 aromatic heterocycles. The Balaban J connectivity index is 1.82. The van der Waals surface area contributed by atoms with Crippen LogP contribution in [0.5, 0.6) is 0 Å². The van der Waals surface area contributed by atoms with Gasteiger partial charge in [0.15, 0.2) is 0 Å². The van der Waals surface area contributed by atoms with Gasteiger partial charge in [-0.15, -0.1) is 0 Å². The zero-order chi connectivity index (χ0) is 20.8. The molecule has 0 amide bonds. The van der Waals surface area contributed by atoms with Crippen LogP contribution < -0.4 is 10.6 Å². The van der Waals surface area contributed by atoms with Crippen LogP contribution in [-0.2, 0) is 17.5 Å². The van der Waals surface area contributed by atoms with Crippen molar-refractivity contribution in [1.82, 2.24) is 4.08 Å². The van der Waals surface area contributed by atoms with E-state index in [1.54, 1.807) is 0 Å². The molecular formula is C26H24NOPS. The highest BCUT2D eigenvalue weighted by atomic mass is 32.2. The summed E-state index contributed by atoms with van der Waals surface area (Å²) in [6.07, 6.45) is 0. The van der Waals surface area contributed by atoms with Gasteiger partial charge in [0.05, 0.1) is 4.90 Å². The van der Waals surface area contributed by atoms with Crippen LogP contribution in [0.25, 0.3) is 0 Å². The standard InChI is InChI=1S/C26H24NOPS/c1-22-17-19-26(20-18-22)30(28)27(21-23-11-5-2-6-12-23)29(24-13-7-3-8-14-24)25-15-9-4-10-16-25/h2-20H,21H2,1H3/t30-/m0/s1. The second kappa shape index (κ2) is 9.95. The summed E-state index contributed by atoms with van der Waals surface area (Å²) in [5.41, 5.74) is 2.32. The molecule has 0 saturated carbocycles. The second-order valence-electron chi connectivity index (χ2n) is 7.04. The van der Waals surface area contributed by atoms with Gasteiger partial charge in [-0.05, 0) is 35.2 Å². The van der Waals surface area contributed by atoms with Crippen molar-refractivity contribution in [2.45, 2.75) is 18.4 Å². The lowest BCUT2D eigenvalue weighted by Gasteiger charge is -2.31. The van der Waals surface area contributed by atoms with Crippen LogP contribution in [-0.4, -0.2) is 8.28 Å². The second-order valence-corrected chi connectivity index (χ2v) is 10.9. The fourth-order valence-electron chi connectivity index (χ4n) is 3.26. The van der Waals surface area contributed by atoms with Gasteiger partial charge in [-0.2, -0.15) is 4.08 Å². The fourth-order valence-corrected chi connectivity index (χ4v) is 7.61. The zero-order valence-electron chi connectivity index (χ0n) is 16.9. The molecule has 0 fully saturated rings. The van der Waals surface area contributed by atoms with E-state index in [4.69, 9.17) is 0 Å². The number of rotatable bonds is 7. The van der Waals surface area contributed by atoms with Gasteiger partial charge in [0.1, 0.15) is 11.0 Å². The average Bonchev–Trinajstić information content (AvgIpc) is 2.81. The molecule has 0 saturated heterocycles. The molecular weight excluding hydrogens is 405 g/mol. The Kier molecular flexibility index (Phi) is 6.86. The van der Waals surface area contributed by atoms with Crippen molar-refractivity contribution in [2.24, 2.45) is 0 Å². The molecule has 0 aliphatic rings. The molecule has 4 rings (SSSR count). The third-order valence-corrected chi connectivity index (χ3v) is 9.08. The van der Waals surface area contributed by atoms with Crippen LogP contribution in [0.4, 0.5) is 0 Å². The summed E-state index contributed by atoms with van der Waals surface area (Å²) in [4.78, 5) is 0.830. The smallest absolute Gasteiger partial charge is 0.132 e. The van der Waals surface area contributed by atoms with E-state index in [2.05, 4.69) is 71.7 Å². The van der Waals surface area contributed by atoms with Gasteiger partial charge in [0.2, 0.25) is 0 Å². The van der Waals surface area contributed by atoms with E-state index in [0.717, 1.165) is 10.5 Å². The molecule has 4 heteroatoms. The maximum atomic E-state index is 13.9. The molecule has 0 aliphatic carbocycles. The first-order valence-corrected chi connectivity index (χ1v) is 12.3. The predicted molar refractivity (Wildman–Crippen MR) is 129 cm³/mol. The minimum absolute atomic E-state index is 0.608. The van der Waals surface area contributed by atoms with E-state index in [1.807, 2.05) is 54.6 Å². The highest BCUT2D eigenvalue weighted by Crippen LogP contribution is 2.42. The molecule has 0 heterocycles. The Morgan fingerprint density at radius 2 is 1.13 bits per heavy atom. The van der Waals surface area contributed by atoms with E-state index >= 15 is 0 Å². The van der Waals surface area contributed by atoms with Gasteiger partial charge in [-0.3, -0.25) is 0 Å². The van der Waals surface area contributed by atoms with Gasteiger partial charge in [-0.1, -0.05) is 109 Å². The van der Waals surface area contributed by atoms with Gasteiger partial charge in [0.25, 0.3) is 0 Å². The molecule has 0 unspecified atom stereocenters. The summed E-state index contributed by atoms with van der Waals surface area (Å²) in [6, 6.07) is 39.2. The van der Waals surface area contributed by atoms with Crippen LogP contribution in [0, 0.1) is 6.92 Å². The maximum absolute atomic E-state index is 13.9. The van der Waals surface area contributed by atoms with Crippen LogP contribution in [0.1, 0.15) is 11.1 Å². The van der Waals surface area contributed by atoms with Crippen molar-refractivity contribution < 1.29 is 4.21 Å². The van der Waals surface area contributed by atoms with E-state index in [1.165, 1.54) is 16.2 Å². The largest absolute Gasteiger partial charge is 0.237 e. The monoisotopic (exact) mass is 429 g/mol. The van der Waals surface area contributed by atoms with E-state index in [-0.39, 0.29) is 0 Å². The number of aryl methyl sites for hydroxylation is 1. The Labute approximate surface area is 182 Å². The number of benzene rings is 4. The first-order chi connectivity index (χ1) is 14.7. The van der Waals surface area contributed by atoms with Crippen molar-refractivity contribution in [3.05, 3.63) is 126 Å². The Bertz CT molecular complexity index is 1050. The lowest BCUT2D eigenvalue weighted by molar-refractivity contribution is 0.621. The predicted octanol–water partition coefficient (Wildman–Crippen LogP) is 5.57. The third-order valence-electron chi connectivity index (χ3n) is 4.80. The van der Waals surface area contributed by atoms with Crippen LogP contribution in [0.2, 0.25) is 0 Å². The molecule has 1 atom stereocenters. The summed E-state index contributed by atoms with van der Waals surface area (Å²) in [5, 5.41) is 2.38. The molecule has 30 heavy (non-hydrogen) atoms. The molecule has 4 aromatic rings. The summed E-state index contributed by atoms with van der Waals surface area (Å²) in [6.45, 7) is 2.66. The first kappa shape index (κ1) is 20.7. The quantitative estimate of drug-likeness (QED) is 0.352. The number of hydrogen-bond donors (Lipinski definition) is 0. The Hall–Kier alpha value is -2.58. The molecule has 0 spiro atoms. The van der Waals surface area contributed by atoms with Gasteiger partial charge >= 0.3 is 0 Å². The summed E-state index contributed by atoms with van der Waals surface area (Å²) in [5.74, 6) is 0. The third kappa shape index (κ3) is 4.94. The van der Waals surface area contributed by atoms with E-state index in [0.29, 0.717) is 6.54 Å². The Morgan fingerprint density at radius 3 is 1.63 bits per heavy atom. The maximum Gasteiger partial charge on any atom is 0.132 e. The number of hydrogen-bond acceptors (Lipinski definition) is 1. The zero-order valence-corrected chi connectivity index (χ0v) is 18.6. The molecule has 4 aromatic carbocycles. The van der Waals surface area contributed by atoms with Crippen LogP contribution >= 0.6 is 8.07 Å². The lowest BCUT2D eigenvalue weighted by atomic mass is 10.2. The minimum atomic E-state index is -1.30. The van der Waals surface area contributed by atoms with Crippen molar-refractivity contribution in [1.29, 1.82) is 0 Å². The van der Waals surface area contributed by atoms with Gasteiger partial charge in [0, 0.05) is 14.6 Å². The SMILES string of the molecule is Cc1ccc([S@](=O)N(Cc2ccccc2)P(c2ccccc2)c2ccccc2)cc1. The molecule has 0 N–H and O–H groups in total. The van der Waals surface area contributed by atoms with Crippen LogP contribution in [0.15, 0.2) is 120 Å². The summed E-state index contributed by atoms with van der Waals surface area (Å²) >= 11 is 0. The van der Waals surface area contributed by atoms with Gasteiger partial charge < -0.3 is 0 Å². The van der Waals surface area contributed by atoms with Crippen LogP contribution in [0.3, 0.4) is 0 Å². The molecule has 0 aliphatic heterocycles. The topological polar surface area (TPSA) is 20.3 Å².